The molecule has 0 atom stereocenters. The summed E-state index contributed by atoms with van der Waals surface area (Å²) in [4.78, 5) is 16.1. The maximum Gasteiger partial charge on any atom is 0.256 e. The molecule has 1 aliphatic rings. The number of aromatic nitrogens is 1. The lowest BCUT2D eigenvalue weighted by atomic mass is 9.98. The van der Waals surface area contributed by atoms with Crippen LogP contribution in [0.5, 0.6) is 0 Å². The van der Waals surface area contributed by atoms with E-state index < -0.39 is 0 Å². The van der Waals surface area contributed by atoms with Crippen LogP contribution in [0.25, 0.3) is 11.1 Å². The van der Waals surface area contributed by atoms with Crippen LogP contribution in [0.15, 0.2) is 48.8 Å². The molecule has 1 aliphatic heterocycles. The summed E-state index contributed by atoms with van der Waals surface area (Å²) in [6.45, 7) is 1.95. The Balaban J connectivity index is 2.20. The molecule has 2 aromatic rings. The zero-order valence-corrected chi connectivity index (χ0v) is 9.97. The SMILES string of the molecule is C/C(=C1\C(=O)Nc2ccccc21)c1cccnc1. The van der Waals surface area contributed by atoms with Crippen LogP contribution in [0.4, 0.5) is 5.69 Å². The highest BCUT2D eigenvalue weighted by Gasteiger charge is 2.25. The number of hydrogen-bond donors (Lipinski definition) is 1. The lowest BCUT2D eigenvalue weighted by Gasteiger charge is -2.05. The van der Waals surface area contributed by atoms with E-state index in [4.69, 9.17) is 0 Å². The molecule has 1 aromatic carbocycles. The van der Waals surface area contributed by atoms with Gasteiger partial charge in [0.2, 0.25) is 0 Å². The van der Waals surface area contributed by atoms with E-state index in [1.807, 2.05) is 43.3 Å². The van der Waals surface area contributed by atoms with Crippen LogP contribution in [0.2, 0.25) is 0 Å². The van der Waals surface area contributed by atoms with Gasteiger partial charge in [-0.3, -0.25) is 9.78 Å². The molecule has 1 aromatic heterocycles. The number of benzene rings is 1. The zero-order chi connectivity index (χ0) is 12.5. The van der Waals surface area contributed by atoms with Crippen molar-refractivity contribution in [3.8, 4) is 0 Å². The minimum atomic E-state index is -0.0439. The highest BCUT2D eigenvalue weighted by molar-refractivity contribution is 6.36. The maximum atomic E-state index is 12.1. The van der Waals surface area contributed by atoms with Crippen molar-refractivity contribution < 1.29 is 4.79 Å². The number of anilines is 1. The summed E-state index contributed by atoms with van der Waals surface area (Å²) in [6.07, 6.45) is 3.50. The Morgan fingerprint density at radius 3 is 2.78 bits per heavy atom. The number of carbonyl (C=O) groups is 1. The summed E-state index contributed by atoms with van der Waals surface area (Å²) >= 11 is 0. The maximum absolute atomic E-state index is 12.1. The largest absolute Gasteiger partial charge is 0.321 e. The standard InChI is InChI=1S/C15H12N2O/c1-10(11-5-4-8-16-9-11)14-12-6-2-3-7-13(12)17-15(14)18/h2-9H,1H3,(H,17,18)/b14-10+. The number of fused-ring (bicyclic) bond motifs is 1. The number of pyridine rings is 1. The van der Waals surface area contributed by atoms with Crippen molar-refractivity contribution in [1.82, 2.24) is 4.98 Å². The van der Waals surface area contributed by atoms with Gasteiger partial charge in [0.25, 0.3) is 5.91 Å². The van der Waals surface area contributed by atoms with Crippen molar-refractivity contribution >= 4 is 22.7 Å². The first kappa shape index (κ1) is 10.7. The van der Waals surface area contributed by atoms with Crippen LogP contribution in [0.1, 0.15) is 18.1 Å². The van der Waals surface area contributed by atoms with Gasteiger partial charge in [-0.1, -0.05) is 24.3 Å². The molecule has 3 nitrogen and oxygen atoms in total. The third-order valence-corrected chi connectivity index (χ3v) is 3.14. The third kappa shape index (κ3) is 1.61. The molecule has 18 heavy (non-hydrogen) atoms. The number of nitrogens with one attached hydrogen (secondary N) is 1. The van der Waals surface area contributed by atoms with Gasteiger partial charge in [0, 0.05) is 23.6 Å². The second kappa shape index (κ2) is 4.11. The second-order valence-electron chi connectivity index (χ2n) is 4.24. The molecule has 0 saturated carbocycles. The van der Waals surface area contributed by atoms with E-state index >= 15 is 0 Å². The van der Waals surface area contributed by atoms with Crippen LogP contribution < -0.4 is 5.32 Å². The van der Waals surface area contributed by atoms with E-state index in [0.29, 0.717) is 0 Å². The van der Waals surface area contributed by atoms with Gasteiger partial charge in [-0.15, -0.1) is 0 Å². The average molecular weight is 236 g/mol. The molecule has 0 fully saturated rings. The Hall–Kier alpha value is -2.42. The van der Waals surface area contributed by atoms with Gasteiger partial charge in [0.05, 0.1) is 5.57 Å². The van der Waals surface area contributed by atoms with Gasteiger partial charge in [-0.25, -0.2) is 0 Å². The first-order chi connectivity index (χ1) is 8.77. The van der Waals surface area contributed by atoms with E-state index in [2.05, 4.69) is 10.3 Å². The van der Waals surface area contributed by atoms with Crippen molar-refractivity contribution in [2.45, 2.75) is 6.92 Å². The Morgan fingerprint density at radius 1 is 1.17 bits per heavy atom. The lowest BCUT2D eigenvalue weighted by Crippen LogP contribution is -2.05. The van der Waals surface area contributed by atoms with Crippen molar-refractivity contribution in [2.75, 3.05) is 5.32 Å². The van der Waals surface area contributed by atoms with E-state index in [-0.39, 0.29) is 5.91 Å². The summed E-state index contributed by atoms with van der Waals surface area (Å²) in [6, 6.07) is 11.6. The van der Waals surface area contributed by atoms with Crippen LogP contribution in [-0.4, -0.2) is 10.9 Å². The normalized spacial score (nSPS) is 16.2. The highest BCUT2D eigenvalue weighted by atomic mass is 16.2. The molecular formula is C15H12N2O. The molecule has 3 heteroatoms. The van der Waals surface area contributed by atoms with E-state index in [1.54, 1.807) is 12.4 Å². The quantitative estimate of drug-likeness (QED) is 0.773. The van der Waals surface area contributed by atoms with Crippen molar-refractivity contribution in [2.24, 2.45) is 0 Å². The molecule has 0 saturated heterocycles. The van der Waals surface area contributed by atoms with Crippen LogP contribution in [0, 0.1) is 0 Å². The Bertz CT molecular complexity index is 645. The molecule has 0 bridgehead atoms. The molecule has 0 aliphatic carbocycles. The smallest absolute Gasteiger partial charge is 0.256 e. The van der Waals surface area contributed by atoms with Gasteiger partial charge in [0.1, 0.15) is 0 Å². The fourth-order valence-electron chi connectivity index (χ4n) is 2.22. The van der Waals surface area contributed by atoms with Crippen LogP contribution in [-0.2, 0) is 4.79 Å². The fraction of sp³-hybridized carbons (Fsp3) is 0.0667. The molecule has 0 spiro atoms. The van der Waals surface area contributed by atoms with Gasteiger partial charge in [-0.05, 0) is 30.2 Å². The molecule has 1 N–H and O–H groups in total. The monoisotopic (exact) mass is 236 g/mol. The minimum absolute atomic E-state index is 0.0439. The average Bonchev–Trinajstić information content (AvgIpc) is 2.75. The number of allylic oxidation sites excluding steroid dienone is 1. The predicted molar refractivity (Wildman–Crippen MR) is 71.8 cm³/mol. The summed E-state index contributed by atoms with van der Waals surface area (Å²) < 4.78 is 0. The number of nitrogens with zero attached hydrogens (tertiary/aromatic N) is 1. The Morgan fingerprint density at radius 2 is 2.00 bits per heavy atom. The summed E-state index contributed by atoms with van der Waals surface area (Å²) in [7, 11) is 0. The summed E-state index contributed by atoms with van der Waals surface area (Å²) in [5.74, 6) is -0.0439. The topological polar surface area (TPSA) is 42.0 Å². The predicted octanol–water partition coefficient (Wildman–Crippen LogP) is 2.96. The molecule has 88 valence electrons. The number of hydrogen-bond acceptors (Lipinski definition) is 2. The zero-order valence-electron chi connectivity index (χ0n) is 9.97. The summed E-state index contributed by atoms with van der Waals surface area (Å²) in [5.41, 5.74) is 4.49. The van der Waals surface area contributed by atoms with Crippen molar-refractivity contribution in [1.29, 1.82) is 0 Å². The minimum Gasteiger partial charge on any atom is -0.321 e. The molecule has 1 amide bonds. The van der Waals surface area contributed by atoms with Gasteiger partial charge in [0.15, 0.2) is 0 Å². The van der Waals surface area contributed by atoms with E-state index in [0.717, 1.165) is 28.0 Å². The molecular weight excluding hydrogens is 224 g/mol. The fourth-order valence-corrected chi connectivity index (χ4v) is 2.22. The van der Waals surface area contributed by atoms with Gasteiger partial charge in [-0.2, -0.15) is 0 Å². The number of rotatable bonds is 1. The molecule has 0 unspecified atom stereocenters. The van der Waals surface area contributed by atoms with Gasteiger partial charge < -0.3 is 5.32 Å². The summed E-state index contributed by atoms with van der Waals surface area (Å²) in [5, 5.41) is 2.88. The highest BCUT2D eigenvalue weighted by Crippen LogP contribution is 2.36. The van der Waals surface area contributed by atoms with Crippen molar-refractivity contribution in [3.63, 3.8) is 0 Å². The van der Waals surface area contributed by atoms with E-state index in [1.165, 1.54) is 0 Å². The first-order valence-electron chi connectivity index (χ1n) is 5.79. The molecule has 3 rings (SSSR count). The van der Waals surface area contributed by atoms with Crippen LogP contribution in [0.3, 0.4) is 0 Å². The molecule has 0 radical (unpaired) electrons. The van der Waals surface area contributed by atoms with Crippen molar-refractivity contribution in [3.05, 3.63) is 59.9 Å². The number of carbonyl (C=O) groups excluding carboxylic acids is 1. The first-order valence-corrected chi connectivity index (χ1v) is 5.79. The van der Waals surface area contributed by atoms with Crippen LogP contribution >= 0.6 is 0 Å². The molecule has 2 heterocycles. The lowest BCUT2D eigenvalue weighted by molar-refractivity contribution is -0.110. The second-order valence-corrected chi connectivity index (χ2v) is 4.24. The Labute approximate surface area is 105 Å². The Kier molecular flexibility index (Phi) is 2.45. The number of para-hydroxylation sites is 1. The van der Waals surface area contributed by atoms with Gasteiger partial charge >= 0.3 is 0 Å². The van der Waals surface area contributed by atoms with E-state index in [9.17, 15) is 4.79 Å². The third-order valence-electron chi connectivity index (χ3n) is 3.14. The number of amides is 1.